The van der Waals surface area contributed by atoms with Crippen molar-refractivity contribution in [2.45, 2.75) is 56.5 Å². The van der Waals surface area contributed by atoms with Gasteiger partial charge in [0.1, 0.15) is 5.82 Å². The van der Waals surface area contributed by atoms with E-state index in [-0.39, 0.29) is 16.8 Å². The number of sulfonamides is 1. The zero-order chi connectivity index (χ0) is 22.1. The maximum atomic E-state index is 13.6. The molecule has 0 aliphatic carbocycles. The van der Waals surface area contributed by atoms with Crippen LogP contribution in [0.1, 0.15) is 44.9 Å². The van der Waals surface area contributed by atoms with Crippen LogP contribution >= 0.6 is 11.8 Å². The van der Waals surface area contributed by atoms with Gasteiger partial charge in [-0.3, -0.25) is 0 Å². The number of benzene rings is 2. The molecular weight excluding hydrogens is 421 g/mol. The van der Waals surface area contributed by atoms with E-state index in [0.29, 0.717) is 24.4 Å². The van der Waals surface area contributed by atoms with Crippen LogP contribution < -0.4 is 0 Å². The number of hydrogen-bond donors (Lipinski definition) is 0. The Morgan fingerprint density at radius 2 is 1.83 bits per heavy atom. The third-order valence-electron chi connectivity index (χ3n) is 5.16. The number of fused-ring (bicyclic) bond motifs is 1. The van der Waals surface area contributed by atoms with Gasteiger partial charge in [0.25, 0.3) is 0 Å². The number of rotatable bonds is 8. The van der Waals surface area contributed by atoms with E-state index in [1.807, 2.05) is 26.8 Å². The van der Waals surface area contributed by atoms with Gasteiger partial charge in [-0.05, 0) is 62.2 Å². The number of imidazole rings is 1. The van der Waals surface area contributed by atoms with E-state index < -0.39 is 10.0 Å². The molecule has 8 heteroatoms. The molecule has 5 nitrogen and oxygen atoms in total. The van der Waals surface area contributed by atoms with E-state index in [0.717, 1.165) is 21.8 Å². The van der Waals surface area contributed by atoms with Crippen molar-refractivity contribution in [3.63, 3.8) is 0 Å². The number of aromatic nitrogens is 2. The third-order valence-corrected chi connectivity index (χ3v) is 8.20. The Balaban J connectivity index is 2.01. The van der Waals surface area contributed by atoms with Crippen LogP contribution in [0, 0.1) is 12.7 Å². The van der Waals surface area contributed by atoms with Gasteiger partial charge in [0.15, 0.2) is 5.16 Å². The minimum atomic E-state index is -3.55. The van der Waals surface area contributed by atoms with E-state index in [1.54, 1.807) is 24.3 Å². The number of nitrogens with zero attached hydrogens (tertiary/aromatic N) is 3. The van der Waals surface area contributed by atoms with E-state index in [9.17, 15) is 12.8 Å². The van der Waals surface area contributed by atoms with Crippen LogP contribution in [0.15, 0.2) is 46.5 Å². The lowest BCUT2D eigenvalue weighted by Gasteiger charge is -2.18. The van der Waals surface area contributed by atoms with Gasteiger partial charge >= 0.3 is 0 Å². The molecule has 0 saturated heterocycles. The van der Waals surface area contributed by atoms with Gasteiger partial charge < -0.3 is 4.57 Å². The molecule has 0 aliphatic rings. The monoisotopic (exact) mass is 449 g/mol. The van der Waals surface area contributed by atoms with Gasteiger partial charge in [-0.2, -0.15) is 4.31 Å². The van der Waals surface area contributed by atoms with E-state index in [4.69, 9.17) is 4.98 Å². The standard InChI is InChI=1S/C22H28FN3O2S2/c1-6-25(7-2)30(27,28)19-10-11-21-20(13-19)24-22(26(21)15(3)4)29-14-17-12-18(23)9-8-16(17)5/h8-13,15H,6-7,14H2,1-5H3. The maximum absolute atomic E-state index is 13.6. The Bertz CT molecular complexity index is 1150. The molecule has 0 atom stereocenters. The van der Waals surface area contributed by atoms with Crippen molar-refractivity contribution in [2.75, 3.05) is 13.1 Å². The summed E-state index contributed by atoms with van der Waals surface area (Å²) in [6.07, 6.45) is 0. The molecule has 1 aromatic heterocycles. The highest BCUT2D eigenvalue weighted by Crippen LogP contribution is 2.32. The number of halogens is 1. The van der Waals surface area contributed by atoms with Gasteiger partial charge in [0, 0.05) is 24.9 Å². The Labute approximate surface area is 182 Å². The van der Waals surface area contributed by atoms with Crippen molar-refractivity contribution in [3.05, 3.63) is 53.3 Å². The first-order chi connectivity index (χ1) is 14.2. The van der Waals surface area contributed by atoms with Gasteiger partial charge in [0.2, 0.25) is 10.0 Å². The van der Waals surface area contributed by atoms with Crippen LogP contribution in [0.5, 0.6) is 0 Å². The van der Waals surface area contributed by atoms with Gasteiger partial charge in [-0.1, -0.05) is 31.7 Å². The quantitative estimate of drug-likeness (QED) is 0.433. The lowest BCUT2D eigenvalue weighted by atomic mass is 10.1. The fourth-order valence-electron chi connectivity index (χ4n) is 3.47. The molecule has 0 aliphatic heterocycles. The molecule has 2 aromatic carbocycles. The predicted octanol–water partition coefficient (Wildman–Crippen LogP) is 5.39. The van der Waals surface area contributed by atoms with E-state index in [2.05, 4.69) is 18.4 Å². The van der Waals surface area contributed by atoms with Gasteiger partial charge in [0.05, 0.1) is 15.9 Å². The SMILES string of the molecule is CCN(CC)S(=O)(=O)c1ccc2c(c1)nc(SCc1cc(F)ccc1C)n2C(C)C. The lowest BCUT2D eigenvalue weighted by Crippen LogP contribution is -2.30. The molecular formula is C22H28FN3O2S2. The van der Waals surface area contributed by atoms with Crippen LogP contribution in [0.2, 0.25) is 0 Å². The Kier molecular flexibility index (Phi) is 6.89. The minimum Gasteiger partial charge on any atom is -0.316 e. The lowest BCUT2D eigenvalue weighted by molar-refractivity contribution is 0.445. The summed E-state index contributed by atoms with van der Waals surface area (Å²) < 4.78 is 43.0. The molecule has 162 valence electrons. The molecule has 0 fully saturated rings. The van der Waals surface area contributed by atoms with Crippen LogP contribution in [0.4, 0.5) is 4.39 Å². The predicted molar refractivity (Wildman–Crippen MR) is 121 cm³/mol. The summed E-state index contributed by atoms with van der Waals surface area (Å²) in [5.41, 5.74) is 3.49. The molecule has 0 spiro atoms. The molecule has 0 N–H and O–H groups in total. The maximum Gasteiger partial charge on any atom is 0.243 e. The topological polar surface area (TPSA) is 55.2 Å². The molecule has 30 heavy (non-hydrogen) atoms. The number of hydrogen-bond acceptors (Lipinski definition) is 4. The summed E-state index contributed by atoms with van der Waals surface area (Å²) in [5, 5.41) is 0.793. The second kappa shape index (κ2) is 9.08. The highest BCUT2D eigenvalue weighted by molar-refractivity contribution is 7.98. The van der Waals surface area contributed by atoms with E-state index >= 15 is 0 Å². The molecule has 0 saturated carbocycles. The Hall–Kier alpha value is -1.90. The first-order valence-electron chi connectivity index (χ1n) is 10.1. The fourth-order valence-corrected chi connectivity index (χ4v) is 6.15. The molecule has 3 rings (SSSR count). The average Bonchev–Trinajstić information content (AvgIpc) is 3.07. The Morgan fingerprint density at radius 3 is 2.47 bits per heavy atom. The van der Waals surface area contributed by atoms with Crippen molar-refractivity contribution < 1.29 is 12.8 Å². The minimum absolute atomic E-state index is 0.149. The van der Waals surface area contributed by atoms with Gasteiger partial charge in [-0.15, -0.1) is 0 Å². The molecule has 3 aromatic rings. The van der Waals surface area contributed by atoms with E-state index in [1.165, 1.54) is 22.1 Å². The first-order valence-corrected chi connectivity index (χ1v) is 12.5. The summed E-state index contributed by atoms with van der Waals surface area (Å²) in [5.74, 6) is 0.337. The van der Waals surface area contributed by atoms with Crippen molar-refractivity contribution >= 4 is 32.8 Å². The molecule has 0 bridgehead atoms. The number of aryl methyl sites for hydroxylation is 1. The fraction of sp³-hybridized carbons (Fsp3) is 0.409. The average molecular weight is 450 g/mol. The highest BCUT2D eigenvalue weighted by Gasteiger charge is 2.23. The van der Waals surface area contributed by atoms with Crippen LogP contribution in [0.25, 0.3) is 11.0 Å². The smallest absolute Gasteiger partial charge is 0.243 e. The first kappa shape index (κ1) is 22.8. The Morgan fingerprint density at radius 1 is 1.13 bits per heavy atom. The summed E-state index contributed by atoms with van der Waals surface area (Å²) in [7, 11) is -3.55. The zero-order valence-corrected chi connectivity index (χ0v) is 19.6. The van der Waals surface area contributed by atoms with Crippen LogP contribution in [-0.2, 0) is 15.8 Å². The van der Waals surface area contributed by atoms with Gasteiger partial charge in [-0.25, -0.2) is 17.8 Å². The van der Waals surface area contributed by atoms with Crippen molar-refractivity contribution in [3.8, 4) is 0 Å². The normalized spacial score (nSPS) is 12.4. The summed E-state index contributed by atoms with van der Waals surface area (Å²) in [4.78, 5) is 4.99. The summed E-state index contributed by atoms with van der Waals surface area (Å²) >= 11 is 1.53. The largest absolute Gasteiger partial charge is 0.316 e. The van der Waals surface area contributed by atoms with Crippen molar-refractivity contribution in [1.82, 2.24) is 13.9 Å². The summed E-state index contributed by atoms with van der Waals surface area (Å²) in [6.45, 7) is 10.6. The van der Waals surface area contributed by atoms with Crippen LogP contribution in [-0.4, -0.2) is 35.4 Å². The zero-order valence-electron chi connectivity index (χ0n) is 18.0. The third kappa shape index (κ3) is 4.40. The second-order valence-electron chi connectivity index (χ2n) is 7.46. The van der Waals surface area contributed by atoms with Crippen LogP contribution in [0.3, 0.4) is 0 Å². The van der Waals surface area contributed by atoms with Crippen molar-refractivity contribution in [1.29, 1.82) is 0 Å². The summed E-state index contributed by atoms with van der Waals surface area (Å²) in [6, 6.07) is 10.1. The molecule has 0 amide bonds. The molecule has 0 unspecified atom stereocenters. The highest BCUT2D eigenvalue weighted by atomic mass is 32.2. The molecule has 1 heterocycles. The molecule has 0 radical (unpaired) electrons. The number of thioether (sulfide) groups is 1. The van der Waals surface area contributed by atoms with Crippen molar-refractivity contribution in [2.24, 2.45) is 0 Å². The second-order valence-corrected chi connectivity index (χ2v) is 10.3.